The quantitative estimate of drug-likeness (QED) is 0.833. The van der Waals surface area contributed by atoms with Crippen molar-refractivity contribution in [1.29, 1.82) is 0 Å². The van der Waals surface area contributed by atoms with Crippen molar-refractivity contribution in [2.75, 3.05) is 26.7 Å². The predicted octanol–water partition coefficient (Wildman–Crippen LogP) is 1.45. The van der Waals surface area contributed by atoms with Crippen LogP contribution in [0.5, 0.6) is 0 Å². The number of likely N-dealkylation sites (tertiary alicyclic amines) is 1. The van der Waals surface area contributed by atoms with E-state index in [4.69, 9.17) is 0 Å². The smallest absolute Gasteiger partial charge is 0.258 e. The van der Waals surface area contributed by atoms with Crippen molar-refractivity contribution in [1.82, 2.24) is 19.2 Å². The number of hydrogen-bond acceptors (Lipinski definition) is 4. The van der Waals surface area contributed by atoms with E-state index in [9.17, 15) is 9.59 Å². The Morgan fingerprint density at radius 3 is 2.88 bits per heavy atom. The Balaban J connectivity index is 1.65. The van der Waals surface area contributed by atoms with Gasteiger partial charge in [-0.15, -0.1) is 0 Å². The summed E-state index contributed by atoms with van der Waals surface area (Å²) in [4.78, 5) is 32.7. The maximum absolute atomic E-state index is 12.2. The molecule has 0 aromatic carbocycles. The van der Waals surface area contributed by atoms with Gasteiger partial charge >= 0.3 is 0 Å². The molecule has 24 heavy (non-hydrogen) atoms. The molecule has 0 spiro atoms. The van der Waals surface area contributed by atoms with Gasteiger partial charge < -0.3 is 4.90 Å². The molecule has 1 fully saturated rings. The fraction of sp³-hybridized carbons (Fsp3) is 0.500. The van der Waals surface area contributed by atoms with Crippen LogP contribution in [0.25, 0.3) is 5.65 Å². The molecule has 1 saturated heterocycles. The summed E-state index contributed by atoms with van der Waals surface area (Å²) < 4.78 is 1.56. The van der Waals surface area contributed by atoms with Gasteiger partial charge in [-0.3, -0.25) is 18.9 Å². The number of hydrogen-bond donors (Lipinski definition) is 0. The van der Waals surface area contributed by atoms with Crippen molar-refractivity contribution in [3.63, 3.8) is 0 Å². The van der Waals surface area contributed by atoms with Crippen molar-refractivity contribution >= 4 is 11.6 Å². The van der Waals surface area contributed by atoms with Crippen molar-refractivity contribution in [2.24, 2.45) is 0 Å². The average molecular weight is 328 g/mol. The molecule has 1 amide bonds. The van der Waals surface area contributed by atoms with Gasteiger partial charge in [0.25, 0.3) is 5.56 Å². The van der Waals surface area contributed by atoms with Gasteiger partial charge in [-0.2, -0.15) is 0 Å². The van der Waals surface area contributed by atoms with Crippen LogP contribution in [0.1, 0.15) is 30.5 Å². The van der Waals surface area contributed by atoms with Crippen molar-refractivity contribution in [3.05, 3.63) is 46.0 Å². The predicted molar refractivity (Wildman–Crippen MR) is 93.0 cm³/mol. The summed E-state index contributed by atoms with van der Waals surface area (Å²) in [5.41, 5.74) is 2.46. The summed E-state index contributed by atoms with van der Waals surface area (Å²) in [6.45, 7) is 4.96. The van der Waals surface area contributed by atoms with Gasteiger partial charge in [-0.05, 0) is 44.5 Å². The zero-order valence-corrected chi connectivity index (χ0v) is 14.4. The maximum Gasteiger partial charge on any atom is 0.258 e. The molecule has 0 radical (unpaired) electrons. The first-order valence-corrected chi connectivity index (χ1v) is 8.48. The molecule has 1 aliphatic heterocycles. The van der Waals surface area contributed by atoms with E-state index < -0.39 is 0 Å². The largest absolute Gasteiger partial charge is 0.341 e. The number of fused-ring (bicyclic) bond motifs is 1. The fourth-order valence-electron chi connectivity index (χ4n) is 3.08. The third kappa shape index (κ3) is 3.82. The molecule has 1 aliphatic rings. The number of nitrogens with zero attached hydrogens (tertiary/aromatic N) is 4. The molecule has 0 N–H and O–H groups in total. The number of piperidine rings is 1. The van der Waals surface area contributed by atoms with Gasteiger partial charge in [-0.25, -0.2) is 4.98 Å². The van der Waals surface area contributed by atoms with E-state index in [-0.39, 0.29) is 11.5 Å². The summed E-state index contributed by atoms with van der Waals surface area (Å²) in [6, 6.07) is 5.40. The highest BCUT2D eigenvalue weighted by molar-refractivity contribution is 5.76. The molecule has 6 heteroatoms. The normalized spacial score (nSPS) is 15.5. The molecule has 0 atom stereocenters. The van der Waals surface area contributed by atoms with Gasteiger partial charge in [0, 0.05) is 44.9 Å². The number of carbonyl (C=O) groups is 1. The van der Waals surface area contributed by atoms with E-state index >= 15 is 0 Å². The minimum Gasteiger partial charge on any atom is -0.341 e. The first kappa shape index (κ1) is 16.6. The summed E-state index contributed by atoms with van der Waals surface area (Å²) >= 11 is 0. The van der Waals surface area contributed by atoms with Crippen LogP contribution in [-0.4, -0.2) is 51.8 Å². The second-order valence-corrected chi connectivity index (χ2v) is 6.59. The van der Waals surface area contributed by atoms with Crippen LogP contribution >= 0.6 is 0 Å². The summed E-state index contributed by atoms with van der Waals surface area (Å²) in [6.07, 6.45) is 4.54. The van der Waals surface area contributed by atoms with E-state index in [1.165, 1.54) is 0 Å². The Hall–Kier alpha value is -2.21. The minimum atomic E-state index is -0.0605. The summed E-state index contributed by atoms with van der Waals surface area (Å²) in [7, 11) is 1.99. The molecule has 3 heterocycles. The number of rotatable bonds is 5. The molecule has 2 aromatic rings. The minimum absolute atomic E-state index is 0.0605. The third-order valence-corrected chi connectivity index (χ3v) is 4.48. The second-order valence-electron chi connectivity index (χ2n) is 6.59. The fourth-order valence-corrected chi connectivity index (χ4v) is 3.08. The van der Waals surface area contributed by atoms with E-state index in [0.717, 1.165) is 43.7 Å². The van der Waals surface area contributed by atoms with Gasteiger partial charge in [0.2, 0.25) is 5.91 Å². The molecule has 0 bridgehead atoms. The highest BCUT2D eigenvalue weighted by Crippen LogP contribution is 2.10. The van der Waals surface area contributed by atoms with Crippen LogP contribution < -0.4 is 5.56 Å². The maximum atomic E-state index is 12.2. The molecular weight excluding hydrogens is 304 g/mol. The monoisotopic (exact) mass is 328 g/mol. The number of likely N-dealkylation sites (N-methyl/N-ethyl adjacent to an activating group) is 1. The van der Waals surface area contributed by atoms with Crippen molar-refractivity contribution in [3.8, 4) is 0 Å². The number of aryl methyl sites for hydroxylation is 1. The summed E-state index contributed by atoms with van der Waals surface area (Å²) in [5, 5.41) is 0. The van der Waals surface area contributed by atoms with Crippen LogP contribution in [0.3, 0.4) is 0 Å². The second kappa shape index (κ2) is 7.13. The third-order valence-electron chi connectivity index (χ3n) is 4.48. The Labute approximate surface area is 141 Å². The van der Waals surface area contributed by atoms with Crippen LogP contribution in [-0.2, 0) is 11.3 Å². The highest BCUT2D eigenvalue weighted by atomic mass is 16.2. The van der Waals surface area contributed by atoms with Crippen molar-refractivity contribution < 1.29 is 4.79 Å². The van der Waals surface area contributed by atoms with Gasteiger partial charge in [0.05, 0.1) is 5.69 Å². The standard InChI is InChI=1S/C18H24N4O2/c1-14-6-8-22-16(11-14)19-15(12-18(22)24)13-20(2)9-10-21-7-4-3-5-17(21)23/h6,8,11-12H,3-5,7,9-10,13H2,1-2H3. The Bertz CT molecular complexity index is 799. The van der Waals surface area contributed by atoms with Crippen molar-refractivity contribution in [2.45, 2.75) is 32.7 Å². The van der Waals surface area contributed by atoms with E-state index in [0.29, 0.717) is 18.6 Å². The first-order chi connectivity index (χ1) is 11.5. The molecule has 3 rings (SSSR count). The number of pyridine rings is 1. The molecule has 0 unspecified atom stereocenters. The molecular formula is C18H24N4O2. The average Bonchev–Trinajstić information content (AvgIpc) is 2.53. The SMILES string of the molecule is Cc1ccn2c(=O)cc(CN(C)CCN3CCCCC3=O)nc2c1. The molecule has 6 nitrogen and oxygen atoms in total. The van der Waals surface area contributed by atoms with E-state index in [1.54, 1.807) is 16.7 Å². The molecule has 2 aromatic heterocycles. The topological polar surface area (TPSA) is 57.9 Å². The van der Waals surface area contributed by atoms with Gasteiger partial charge in [-0.1, -0.05) is 0 Å². The zero-order valence-electron chi connectivity index (χ0n) is 14.4. The Kier molecular flexibility index (Phi) is 4.94. The van der Waals surface area contributed by atoms with Crippen LogP contribution in [0.2, 0.25) is 0 Å². The highest BCUT2D eigenvalue weighted by Gasteiger charge is 2.18. The lowest BCUT2D eigenvalue weighted by Crippen LogP contribution is -2.40. The van der Waals surface area contributed by atoms with E-state index in [1.807, 2.05) is 31.0 Å². The summed E-state index contributed by atoms with van der Waals surface area (Å²) in [5.74, 6) is 0.257. The molecule has 128 valence electrons. The molecule has 0 aliphatic carbocycles. The Morgan fingerprint density at radius 2 is 2.08 bits per heavy atom. The number of carbonyl (C=O) groups excluding carboxylic acids is 1. The lowest BCUT2D eigenvalue weighted by molar-refractivity contribution is -0.133. The van der Waals surface area contributed by atoms with Gasteiger partial charge in [0.1, 0.15) is 5.65 Å². The first-order valence-electron chi connectivity index (χ1n) is 8.48. The Morgan fingerprint density at radius 1 is 1.25 bits per heavy atom. The van der Waals surface area contributed by atoms with Crippen LogP contribution in [0, 0.1) is 6.92 Å². The lowest BCUT2D eigenvalue weighted by atomic mass is 10.1. The van der Waals surface area contributed by atoms with Gasteiger partial charge in [0.15, 0.2) is 0 Å². The lowest BCUT2D eigenvalue weighted by Gasteiger charge is -2.28. The number of amides is 1. The molecule has 0 saturated carbocycles. The van der Waals surface area contributed by atoms with E-state index in [2.05, 4.69) is 9.88 Å². The van der Waals surface area contributed by atoms with Crippen LogP contribution in [0.4, 0.5) is 0 Å². The number of aromatic nitrogens is 2. The van der Waals surface area contributed by atoms with Crippen LogP contribution in [0.15, 0.2) is 29.2 Å². The zero-order chi connectivity index (χ0) is 17.1.